The van der Waals surface area contributed by atoms with Crippen LogP contribution in [0.1, 0.15) is 12.1 Å². The average Bonchev–Trinajstić information content (AvgIpc) is 2.92. The van der Waals surface area contributed by atoms with Crippen LogP contribution in [0.15, 0.2) is 34.9 Å². The number of hydrogen-bond acceptors (Lipinski definition) is 4. The van der Waals surface area contributed by atoms with Crippen LogP contribution in [0, 0.1) is 5.82 Å². The minimum absolute atomic E-state index is 0.0514. The first-order valence-electron chi connectivity index (χ1n) is 6.98. The van der Waals surface area contributed by atoms with Crippen LogP contribution in [-0.2, 0) is 6.54 Å². The number of hydrogen-bond donors (Lipinski definition) is 1. The third-order valence-electron chi connectivity index (χ3n) is 3.06. The zero-order chi connectivity index (χ0) is 16.9. The molecular weight excluding hydrogens is 316 g/mol. The lowest BCUT2D eigenvalue weighted by atomic mass is 10.2. The van der Waals surface area contributed by atoms with Crippen molar-refractivity contribution in [1.29, 1.82) is 0 Å². The number of aliphatic hydroxyl groups excluding tert-OH is 1. The standard InChI is InChI=1S/C15H16F4N2O2/c16-12-4-2-11(3-5-12)14-20-13(9-23-14)8-21(6-1-7-22)10-15(17,18)19/h2-5,9,22H,1,6-8,10H2. The summed E-state index contributed by atoms with van der Waals surface area (Å²) in [5, 5.41) is 8.78. The zero-order valence-electron chi connectivity index (χ0n) is 12.2. The van der Waals surface area contributed by atoms with Crippen LogP contribution < -0.4 is 0 Å². The molecule has 4 nitrogen and oxygen atoms in total. The number of rotatable bonds is 7. The Morgan fingerprint density at radius 2 is 1.87 bits per heavy atom. The molecule has 0 saturated heterocycles. The van der Waals surface area contributed by atoms with Crippen molar-refractivity contribution >= 4 is 0 Å². The molecule has 0 bridgehead atoms. The Hall–Kier alpha value is -1.93. The minimum atomic E-state index is -4.33. The van der Waals surface area contributed by atoms with Gasteiger partial charge in [-0.15, -0.1) is 0 Å². The van der Waals surface area contributed by atoms with Crippen molar-refractivity contribution in [2.45, 2.75) is 19.1 Å². The molecule has 0 aliphatic rings. The van der Waals surface area contributed by atoms with Crippen LogP contribution in [0.4, 0.5) is 17.6 Å². The Morgan fingerprint density at radius 1 is 1.17 bits per heavy atom. The van der Waals surface area contributed by atoms with Crippen LogP contribution >= 0.6 is 0 Å². The van der Waals surface area contributed by atoms with Crippen LogP contribution in [-0.4, -0.2) is 40.9 Å². The summed E-state index contributed by atoms with van der Waals surface area (Å²) >= 11 is 0. The van der Waals surface area contributed by atoms with Gasteiger partial charge in [0, 0.05) is 25.3 Å². The van der Waals surface area contributed by atoms with E-state index in [1.807, 2.05) is 0 Å². The second-order valence-corrected chi connectivity index (χ2v) is 5.05. The van der Waals surface area contributed by atoms with Gasteiger partial charge in [-0.05, 0) is 30.7 Å². The van der Waals surface area contributed by atoms with Gasteiger partial charge in [-0.1, -0.05) is 0 Å². The minimum Gasteiger partial charge on any atom is -0.444 e. The van der Waals surface area contributed by atoms with E-state index in [1.165, 1.54) is 30.5 Å². The maximum Gasteiger partial charge on any atom is 0.401 e. The Morgan fingerprint density at radius 3 is 2.48 bits per heavy atom. The van der Waals surface area contributed by atoms with Crippen molar-refractivity contribution in [1.82, 2.24) is 9.88 Å². The molecule has 1 heterocycles. The molecule has 0 unspecified atom stereocenters. The fourth-order valence-corrected chi connectivity index (χ4v) is 2.10. The molecule has 0 aliphatic carbocycles. The molecule has 23 heavy (non-hydrogen) atoms. The molecule has 2 rings (SSSR count). The maximum atomic E-state index is 12.9. The number of aromatic nitrogens is 1. The maximum absolute atomic E-state index is 12.9. The summed E-state index contributed by atoms with van der Waals surface area (Å²) in [5.41, 5.74) is 0.877. The van der Waals surface area contributed by atoms with Crippen molar-refractivity contribution in [3.05, 3.63) is 42.0 Å². The highest BCUT2D eigenvalue weighted by molar-refractivity contribution is 5.52. The van der Waals surface area contributed by atoms with E-state index < -0.39 is 18.5 Å². The summed E-state index contributed by atoms with van der Waals surface area (Å²) < 4.78 is 55.8. The number of benzene rings is 1. The zero-order valence-corrected chi connectivity index (χ0v) is 12.2. The van der Waals surface area contributed by atoms with Crippen molar-refractivity contribution in [3.63, 3.8) is 0 Å². The summed E-state index contributed by atoms with van der Waals surface area (Å²) in [6, 6.07) is 5.45. The van der Waals surface area contributed by atoms with Gasteiger partial charge >= 0.3 is 6.18 Å². The Bertz CT molecular complexity index is 611. The lowest BCUT2D eigenvalue weighted by molar-refractivity contribution is -0.147. The van der Waals surface area contributed by atoms with Crippen LogP contribution in [0.5, 0.6) is 0 Å². The molecule has 0 saturated carbocycles. The first-order chi connectivity index (χ1) is 10.9. The number of halogens is 4. The van der Waals surface area contributed by atoms with E-state index in [-0.39, 0.29) is 32.0 Å². The molecule has 0 amide bonds. The smallest absolute Gasteiger partial charge is 0.401 e. The molecule has 1 aromatic heterocycles. The molecule has 0 aliphatic heterocycles. The highest BCUT2D eigenvalue weighted by atomic mass is 19.4. The fourth-order valence-electron chi connectivity index (χ4n) is 2.10. The normalized spacial score (nSPS) is 12.1. The van der Waals surface area contributed by atoms with Gasteiger partial charge in [-0.2, -0.15) is 13.2 Å². The van der Waals surface area contributed by atoms with Crippen LogP contribution in [0.25, 0.3) is 11.5 Å². The van der Waals surface area contributed by atoms with Crippen molar-refractivity contribution < 1.29 is 27.1 Å². The second-order valence-electron chi connectivity index (χ2n) is 5.05. The third kappa shape index (κ3) is 5.65. The Labute approximate surface area is 130 Å². The van der Waals surface area contributed by atoms with E-state index in [0.717, 1.165) is 4.90 Å². The van der Waals surface area contributed by atoms with Crippen LogP contribution in [0.2, 0.25) is 0 Å². The summed E-state index contributed by atoms with van der Waals surface area (Å²) in [4.78, 5) is 5.27. The van der Waals surface area contributed by atoms with Crippen LogP contribution in [0.3, 0.4) is 0 Å². The first-order valence-corrected chi connectivity index (χ1v) is 6.98. The van der Waals surface area contributed by atoms with Gasteiger partial charge < -0.3 is 9.52 Å². The molecular formula is C15H16F4N2O2. The summed E-state index contributed by atoms with van der Waals surface area (Å²) in [5.74, 6) is -0.185. The van der Waals surface area contributed by atoms with Gasteiger partial charge in [-0.3, -0.25) is 4.90 Å². The van der Waals surface area contributed by atoms with Crippen molar-refractivity contribution in [3.8, 4) is 11.5 Å². The largest absolute Gasteiger partial charge is 0.444 e. The highest BCUT2D eigenvalue weighted by Gasteiger charge is 2.30. The second kappa shape index (κ2) is 7.56. The molecule has 126 valence electrons. The van der Waals surface area contributed by atoms with E-state index >= 15 is 0 Å². The number of oxazole rings is 1. The predicted octanol–water partition coefficient (Wildman–Crippen LogP) is 3.23. The Kier molecular flexibility index (Phi) is 5.73. The summed E-state index contributed by atoms with van der Waals surface area (Å²) in [7, 11) is 0. The molecule has 8 heteroatoms. The van der Waals surface area contributed by atoms with Crippen molar-refractivity contribution in [2.24, 2.45) is 0 Å². The topological polar surface area (TPSA) is 49.5 Å². The average molecular weight is 332 g/mol. The van der Waals surface area contributed by atoms with E-state index in [4.69, 9.17) is 9.52 Å². The van der Waals surface area contributed by atoms with Gasteiger partial charge in [0.25, 0.3) is 0 Å². The van der Waals surface area contributed by atoms with E-state index in [2.05, 4.69) is 4.98 Å². The number of nitrogens with zero attached hydrogens (tertiary/aromatic N) is 2. The molecule has 0 atom stereocenters. The fraction of sp³-hybridized carbons (Fsp3) is 0.400. The monoisotopic (exact) mass is 332 g/mol. The van der Waals surface area contributed by atoms with E-state index in [9.17, 15) is 17.6 Å². The summed E-state index contributed by atoms with van der Waals surface area (Å²) in [6.07, 6.45) is -2.82. The predicted molar refractivity (Wildman–Crippen MR) is 74.9 cm³/mol. The molecule has 1 N–H and O–H groups in total. The lowest BCUT2D eigenvalue weighted by Gasteiger charge is -2.22. The molecule has 1 aromatic carbocycles. The molecule has 0 fully saturated rings. The molecule has 0 radical (unpaired) electrons. The number of aliphatic hydroxyl groups is 1. The highest BCUT2D eigenvalue weighted by Crippen LogP contribution is 2.21. The van der Waals surface area contributed by atoms with E-state index in [1.54, 1.807) is 0 Å². The first kappa shape index (κ1) is 17.4. The summed E-state index contributed by atoms with van der Waals surface area (Å²) in [6.45, 7) is -1.24. The van der Waals surface area contributed by atoms with Gasteiger partial charge in [0.2, 0.25) is 5.89 Å². The lowest BCUT2D eigenvalue weighted by Crippen LogP contribution is -2.35. The number of alkyl halides is 3. The quantitative estimate of drug-likeness (QED) is 0.791. The molecule has 2 aromatic rings. The van der Waals surface area contributed by atoms with Crippen molar-refractivity contribution in [2.75, 3.05) is 19.7 Å². The molecule has 0 spiro atoms. The SMILES string of the molecule is OCCCN(Cc1coc(-c2ccc(F)cc2)n1)CC(F)(F)F. The Balaban J connectivity index is 2.06. The van der Waals surface area contributed by atoms with E-state index in [0.29, 0.717) is 11.3 Å². The van der Waals surface area contributed by atoms with Gasteiger partial charge in [0.15, 0.2) is 0 Å². The third-order valence-corrected chi connectivity index (χ3v) is 3.06. The van der Waals surface area contributed by atoms with Gasteiger partial charge in [0.1, 0.15) is 12.1 Å². The van der Waals surface area contributed by atoms with Gasteiger partial charge in [0.05, 0.1) is 12.2 Å². The van der Waals surface area contributed by atoms with Gasteiger partial charge in [-0.25, -0.2) is 9.37 Å².